The quantitative estimate of drug-likeness (QED) is 0.556. The van der Waals surface area contributed by atoms with Crippen LogP contribution < -0.4 is 5.32 Å². The number of anilines is 1. The van der Waals surface area contributed by atoms with Crippen molar-refractivity contribution in [3.8, 4) is 0 Å². The molecule has 4 rings (SSSR count). The maximum atomic E-state index is 14.8. The lowest BCUT2D eigenvalue weighted by molar-refractivity contribution is -0.123. The number of rotatable bonds is 4. The summed E-state index contributed by atoms with van der Waals surface area (Å²) in [7, 11) is 0. The van der Waals surface area contributed by atoms with E-state index in [1.165, 1.54) is 6.07 Å². The lowest BCUT2D eigenvalue weighted by Crippen LogP contribution is -2.55. The number of carbonyl (C=O) groups is 2. The van der Waals surface area contributed by atoms with Crippen molar-refractivity contribution < 1.29 is 14.0 Å². The first kappa shape index (κ1) is 24.9. The number of likely N-dealkylation sites (tertiary alicyclic amines) is 1. The van der Waals surface area contributed by atoms with Crippen LogP contribution in [0, 0.1) is 24.6 Å². The van der Waals surface area contributed by atoms with Crippen LogP contribution in [0.1, 0.15) is 61.5 Å². The number of nitrogens with one attached hydrogen (secondary N) is 1. The number of aryl methyl sites for hydroxylation is 1. The Kier molecular flexibility index (Phi) is 7.25. The zero-order chi connectivity index (χ0) is 25.2. The van der Waals surface area contributed by atoms with E-state index in [2.05, 4.69) is 44.3 Å². The van der Waals surface area contributed by atoms with Crippen molar-refractivity contribution in [2.45, 2.75) is 58.4 Å². The largest absolute Gasteiger partial charge is 0.334 e. The van der Waals surface area contributed by atoms with Gasteiger partial charge in [0, 0.05) is 18.2 Å². The predicted molar refractivity (Wildman–Crippen MR) is 139 cm³/mol. The van der Waals surface area contributed by atoms with Gasteiger partial charge in [0.1, 0.15) is 5.82 Å². The van der Waals surface area contributed by atoms with E-state index in [1.54, 1.807) is 24.0 Å². The summed E-state index contributed by atoms with van der Waals surface area (Å²) in [6.07, 6.45) is 10.2. The van der Waals surface area contributed by atoms with Gasteiger partial charge in [-0.15, -0.1) is 0 Å². The second kappa shape index (κ2) is 10.2. The third-order valence-corrected chi connectivity index (χ3v) is 7.17. The van der Waals surface area contributed by atoms with Gasteiger partial charge in [-0.05, 0) is 60.9 Å². The van der Waals surface area contributed by atoms with Crippen LogP contribution in [0.15, 0.2) is 66.8 Å². The Labute approximate surface area is 207 Å². The van der Waals surface area contributed by atoms with E-state index in [4.69, 9.17) is 0 Å². The lowest BCUT2D eigenvalue weighted by atomic mass is 9.77. The highest BCUT2D eigenvalue weighted by Gasteiger charge is 2.42. The molecule has 1 aliphatic carbocycles. The van der Waals surface area contributed by atoms with Gasteiger partial charge in [0.05, 0.1) is 17.5 Å². The number of hydrogen-bond acceptors (Lipinski definition) is 2. The van der Waals surface area contributed by atoms with Crippen LogP contribution >= 0.6 is 0 Å². The van der Waals surface area contributed by atoms with Crippen molar-refractivity contribution >= 4 is 17.5 Å². The first-order chi connectivity index (χ1) is 16.7. The summed E-state index contributed by atoms with van der Waals surface area (Å²) in [5.74, 6) is -1.34. The second-order valence-electron chi connectivity index (χ2n) is 10.7. The Balaban J connectivity index is 1.65. The van der Waals surface area contributed by atoms with Gasteiger partial charge in [-0.1, -0.05) is 69.3 Å². The van der Waals surface area contributed by atoms with Gasteiger partial charge in [-0.3, -0.25) is 9.59 Å². The van der Waals surface area contributed by atoms with Crippen LogP contribution in [-0.4, -0.2) is 29.3 Å². The van der Waals surface area contributed by atoms with Gasteiger partial charge in [0.25, 0.3) is 5.91 Å². The highest BCUT2D eigenvalue weighted by Crippen LogP contribution is 2.35. The fourth-order valence-corrected chi connectivity index (χ4v) is 5.27. The Morgan fingerprint density at radius 1 is 1.09 bits per heavy atom. The lowest BCUT2D eigenvalue weighted by Gasteiger charge is -2.44. The van der Waals surface area contributed by atoms with Gasteiger partial charge in [-0.25, -0.2) is 4.39 Å². The zero-order valence-corrected chi connectivity index (χ0v) is 21.1. The third kappa shape index (κ3) is 5.39. The Morgan fingerprint density at radius 2 is 1.86 bits per heavy atom. The molecule has 5 heteroatoms. The van der Waals surface area contributed by atoms with Crippen LogP contribution in [0.25, 0.3) is 0 Å². The fraction of sp³-hybridized carbons (Fsp3) is 0.400. The van der Waals surface area contributed by atoms with Crippen molar-refractivity contribution in [1.82, 2.24) is 4.90 Å². The van der Waals surface area contributed by atoms with Gasteiger partial charge < -0.3 is 10.2 Å². The summed E-state index contributed by atoms with van der Waals surface area (Å²) in [6, 6.07) is 12.3. The molecule has 2 unspecified atom stereocenters. The zero-order valence-electron chi connectivity index (χ0n) is 21.1. The molecule has 1 heterocycles. The summed E-state index contributed by atoms with van der Waals surface area (Å²) in [5, 5.41) is 3.12. The molecule has 4 nitrogen and oxygen atoms in total. The molecule has 1 saturated heterocycles. The number of benzene rings is 2. The molecule has 2 amide bonds. The maximum absolute atomic E-state index is 14.8. The minimum absolute atomic E-state index is 0.00649. The van der Waals surface area contributed by atoms with E-state index < -0.39 is 5.82 Å². The Hall–Kier alpha value is -3.21. The van der Waals surface area contributed by atoms with Crippen molar-refractivity contribution in [2.75, 3.05) is 11.9 Å². The van der Waals surface area contributed by atoms with E-state index in [0.29, 0.717) is 24.9 Å². The molecule has 35 heavy (non-hydrogen) atoms. The minimum atomic E-state index is -0.515. The smallest absolute Gasteiger partial charge is 0.257 e. The molecule has 0 aromatic heterocycles. The molecule has 0 bridgehead atoms. The molecule has 2 aliphatic rings. The molecular formula is C30H35FN2O2. The van der Waals surface area contributed by atoms with Crippen molar-refractivity contribution in [3.05, 3.63) is 89.3 Å². The molecule has 0 radical (unpaired) electrons. The summed E-state index contributed by atoms with van der Waals surface area (Å²) in [5.41, 5.74) is 2.58. The number of allylic oxidation sites excluding steroid dienone is 3. The van der Waals surface area contributed by atoms with Crippen LogP contribution in [0.4, 0.5) is 10.1 Å². The monoisotopic (exact) mass is 474 g/mol. The number of piperidine rings is 1. The molecule has 0 spiro atoms. The highest BCUT2D eigenvalue weighted by molar-refractivity contribution is 5.98. The first-order valence-electron chi connectivity index (χ1n) is 12.5. The standard InChI is InChI=1S/C30H35FN2O2/c1-20-11-8-17-25(31)26(20)29(35)33-18-10-16-24(27(33)21-12-6-5-7-13-21)28(34)32-23-15-9-14-22(19-23)30(2,3)4/h5-9,11-12,14-15,17,19,21,24,27H,10,13,16,18H2,1-4H3,(H,32,34)/t21?,24?,27-/m0/s1. The van der Waals surface area contributed by atoms with Crippen LogP contribution in [0.2, 0.25) is 0 Å². The highest BCUT2D eigenvalue weighted by atomic mass is 19.1. The number of nitrogens with zero attached hydrogens (tertiary/aromatic N) is 1. The number of halogens is 1. The molecule has 1 N–H and O–H groups in total. The first-order valence-corrected chi connectivity index (χ1v) is 12.5. The second-order valence-corrected chi connectivity index (χ2v) is 10.7. The van der Waals surface area contributed by atoms with Crippen LogP contribution in [-0.2, 0) is 10.2 Å². The van der Waals surface area contributed by atoms with Gasteiger partial charge in [0.2, 0.25) is 5.91 Å². The van der Waals surface area contributed by atoms with E-state index in [-0.39, 0.29) is 40.7 Å². The van der Waals surface area contributed by atoms with E-state index in [1.807, 2.05) is 30.4 Å². The topological polar surface area (TPSA) is 49.4 Å². The SMILES string of the molecule is Cc1cccc(F)c1C(=O)N1CCCC(C(=O)Nc2cccc(C(C)(C)C)c2)[C@@H]1C1C=CC=CC1. The molecule has 0 saturated carbocycles. The number of carbonyl (C=O) groups excluding carboxylic acids is 2. The summed E-state index contributed by atoms with van der Waals surface area (Å²) in [4.78, 5) is 29.1. The van der Waals surface area contributed by atoms with Crippen LogP contribution in [0.5, 0.6) is 0 Å². The van der Waals surface area contributed by atoms with Crippen molar-refractivity contribution in [2.24, 2.45) is 11.8 Å². The maximum Gasteiger partial charge on any atom is 0.257 e. The summed E-state index contributed by atoms with van der Waals surface area (Å²) >= 11 is 0. The number of hydrogen-bond donors (Lipinski definition) is 1. The molecule has 184 valence electrons. The molecule has 1 aliphatic heterocycles. The average molecular weight is 475 g/mol. The summed E-state index contributed by atoms with van der Waals surface area (Å²) in [6.45, 7) is 8.69. The van der Waals surface area contributed by atoms with Gasteiger partial charge in [0.15, 0.2) is 0 Å². The van der Waals surface area contributed by atoms with E-state index in [9.17, 15) is 14.0 Å². The van der Waals surface area contributed by atoms with E-state index >= 15 is 0 Å². The van der Waals surface area contributed by atoms with Gasteiger partial charge >= 0.3 is 0 Å². The molecule has 3 atom stereocenters. The van der Waals surface area contributed by atoms with Crippen molar-refractivity contribution in [1.29, 1.82) is 0 Å². The fourth-order valence-electron chi connectivity index (χ4n) is 5.27. The Bertz CT molecular complexity index is 1140. The van der Waals surface area contributed by atoms with Gasteiger partial charge in [-0.2, -0.15) is 0 Å². The number of amides is 2. The predicted octanol–water partition coefficient (Wildman–Crippen LogP) is 6.42. The molecule has 1 fully saturated rings. The van der Waals surface area contributed by atoms with Crippen LogP contribution in [0.3, 0.4) is 0 Å². The minimum Gasteiger partial charge on any atom is -0.334 e. The van der Waals surface area contributed by atoms with E-state index in [0.717, 1.165) is 17.7 Å². The molecular weight excluding hydrogens is 439 g/mol. The Morgan fingerprint density at radius 3 is 2.54 bits per heavy atom. The average Bonchev–Trinajstić information content (AvgIpc) is 2.83. The normalized spacial score (nSPS) is 22.2. The van der Waals surface area contributed by atoms with Crippen molar-refractivity contribution in [3.63, 3.8) is 0 Å². The molecule has 2 aromatic rings. The third-order valence-electron chi connectivity index (χ3n) is 7.17. The molecule has 2 aromatic carbocycles. The summed E-state index contributed by atoms with van der Waals surface area (Å²) < 4.78 is 14.8.